The molecule has 0 unspecified atom stereocenters. The number of halogens is 3. The van der Waals surface area contributed by atoms with Crippen LogP contribution in [0.4, 0.5) is 13.2 Å². The minimum atomic E-state index is -4.70. The summed E-state index contributed by atoms with van der Waals surface area (Å²) in [4.78, 5) is 4.11. The third kappa shape index (κ3) is 3.76. The lowest BCUT2D eigenvalue weighted by Gasteiger charge is -2.21. The van der Waals surface area contributed by atoms with E-state index in [1.807, 2.05) is 20.8 Å². The molecule has 1 aromatic heterocycles. The Balaban J connectivity index is 2.40. The van der Waals surface area contributed by atoms with E-state index in [9.17, 15) is 13.2 Å². The van der Waals surface area contributed by atoms with Crippen molar-refractivity contribution >= 4 is 10.8 Å². The van der Waals surface area contributed by atoms with Crippen molar-refractivity contribution in [3.8, 4) is 11.6 Å². The second-order valence-electron chi connectivity index (χ2n) is 5.26. The van der Waals surface area contributed by atoms with Gasteiger partial charge < -0.3 is 9.47 Å². The summed E-state index contributed by atoms with van der Waals surface area (Å²) in [5.41, 5.74) is -0.442. The number of ether oxygens (including phenoxy) is 2. The Labute approximate surface area is 114 Å². The van der Waals surface area contributed by atoms with Crippen LogP contribution in [0.15, 0.2) is 30.5 Å². The van der Waals surface area contributed by atoms with Crippen LogP contribution in [0.3, 0.4) is 0 Å². The highest BCUT2D eigenvalue weighted by molar-refractivity contribution is 5.87. The molecule has 0 atom stereocenters. The standard InChI is InChI=1S/C14H14F3NO2/c1-13(2,3)20-12-11-5-4-10(19-14(15,16)17)8-9(11)6-7-18-12/h4-8H,1-3H3. The molecular formula is C14H14F3NO2. The number of pyridine rings is 1. The SMILES string of the molecule is CC(C)(C)Oc1nccc2cc(OC(F)(F)F)ccc12. The van der Waals surface area contributed by atoms with Gasteiger partial charge in [0.1, 0.15) is 11.4 Å². The topological polar surface area (TPSA) is 31.4 Å². The fourth-order valence-corrected chi connectivity index (χ4v) is 1.70. The van der Waals surface area contributed by atoms with Crippen LogP contribution in [-0.2, 0) is 0 Å². The highest BCUT2D eigenvalue weighted by Crippen LogP contribution is 2.31. The van der Waals surface area contributed by atoms with Crippen molar-refractivity contribution in [2.75, 3.05) is 0 Å². The summed E-state index contributed by atoms with van der Waals surface area (Å²) in [6, 6.07) is 5.66. The molecule has 0 saturated heterocycles. The maximum Gasteiger partial charge on any atom is 0.573 e. The van der Waals surface area contributed by atoms with Crippen LogP contribution in [0, 0.1) is 0 Å². The fourth-order valence-electron chi connectivity index (χ4n) is 1.70. The van der Waals surface area contributed by atoms with Gasteiger partial charge in [-0.25, -0.2) is 4.98 Å². The first kappa shape index (κ1) is 14.4. The van der Waals surface area contributed by atoms with Gasteiger partial charge in [0, 0.05) is 11.6 Å². The molecule has 20 heavy (non-hydrogen) atoms. The normalized spacial score (nSPS) is 12.5. The van der Waals surface area contributed by atoms with Gasteiger partial charge in [-0.2, -0.15) is 0 Å². The van der Waals surface area contributed by atoms with Crippen molar-refractivity contribution < 1.29 is 22.6 Å². The first-order chi connectivity index (χ1) is 9.14. The van der Waals surface area contributed by atoms with Crippen molar-refractivity contribution in [3.63, 3.8) is 0 Å². The van der Waals surface area contributed by atoms with Crippen LogP contribution < -0.4 is 9.47 Å². The zero-order chi connectivity index (χ0) is 15.0. The van der Waals surface area contributed by atoms with Crippen LogP contribution in [0.1, 0.15) is 20.8 Å². The number of fused-ring (bicyclic) bond motifs is 1. The van der Waals surface area contributed by atoms with E-state index < -0.39 is 12.0 Å². The molecule has 0 bridgehead atoms. The van der Waals surface area contributed by atoms with E-state index in [0.29, 0.717) is 16.7 Å². The zero-order valence-corrected chi connectivity index (χ0v) is 11.3. The van der Waals surface area contributed by atoms with Crippen molar-refractivity contribution in [1.82, 2.24) is 4.98 Å². The molecule has 0 aliphatic rings. The van der Waals surface area contributed by atoms with Crippen LogP contribution in [0.25, 0.3) is 10.8 Å². The average molecular weight is 285 g/mol. The summed E-state index contributed by atoms with van der Waals surface area (Å²) in [5.74, 6) is 0.117. The predicted octanol–water partition coefficient (Wildman–Crippen LogP) is 4.31. The smallest absolute Gasteiger partial charge is 0.471 e. The molecule has 0 spiro atoms. The van der Waals surface area contributed by atoms with E-state index in [4.69, 9.17) is 4.74 Å². The largest absolute Gasteiger partial charge is 0.573 e. The molecule has 1 aromatic carbocycles. The number of rotatable bonds is 2. The number of nitrogens with zero attached hydrogens (tertiary/aromatic N) is 1. The van der Waals surface area contributed by atoms with E-state index >= 15 is 0 Å². The zero-order valence-electron chi connectivity index (χ0n) is 11.3. The Kier molecular flexibility index (Phi) is 3.50. The van der Waals surface area contributed by atoms with Crippen molar-refractivity contribution in [2.24, 2.45) is 0 Å². The maximum absolute atomic E-state index is 12.2. The molecule has 2 aromatic rings. The molecular weight excluding hydrogens is 271 g/mol. The Bertz CT molecular complexity index is 618. The Morgan fingerprint density at radius 3 is 2.30 bits per heavy atom. The molecule has 0 fully saturated rings. The van der Waals surface area contributed by atoms with E-state index in [2.05, 4.69) is 9.72 Å². The maximum atomic E-state index is 12.2. The molecule has 1 heterocycles. The minimum Gasteiger partial charge on any atom is -0.471 e. The van der Waals surface area contributed by atoms with E-state index in [1.165, 1.54) is 24.4 Å². The summed E-state index contributed by atoms with van der Waals surface area (Å²) < 4.78 is 46.1. The van der Waals surface area contributed by atoms with Gasteiger partial charge in [-0.05, 0) is 50.4 Å². The fraction of sp³-hybridized carbons (Fsp3) is 0.357. The molecule has 0 radical (unpaired) electrons. The van der Waals surface area contributed by atoms with Crippen molar-refractivity contribution in [2.45, 2.75) is 32.7 Å². The third-order valence-electron chi connectivity index (χ3n) is 2.34. The van der Waals surface area contributed by atoms with Crippen LogP contribution in [0.2, 0.25) is 0 Å². The number of aromatic nitrogens is 1. The number of benzene rings is 1. The predicted molar refractivity (Wildman–Crippen MR) is 68.8 cm³/mol. The molecule has 6 heteroatoms. The van der Waals surface area contributed by atoms with Gasteiger partial charge in [-0.15, -0.1) is 13.2 Å². The molecule has 3 nitrogen and oxygen atoms in total. The third-order valence-corrected chi connectivity index (χ3v) is 2.34. The van der Waals surface area contributed by atoms with Gasteiger partial charge in [0.15, 0.2) is 0 Å². The summed E-state index contributed by atoms with van der Waals surface area (Å²) in [7, 11) is 0. The second-order valence-corrected chi connectivity index (χ2v) is 5.26. The van der Waals surface area contributed by atoms with Crippen molar-refractivity contribution in [3.05, 3.63) is 30.5 Å². The number of alkyl halides is 3. The lowest BCUT2D eigenvalue weighted by Crippen LogP contribution is -2.23. The van der Waals surface area contributed by atoms with Crippen LogP contribution >= 0.6 is 0 Å². The molecule has 0 N–H and O–H groups in total. The van der Waals surface area contributed by atoms with Crippen molar-refractivity contribution in [1.29, 1.82) is 0 Å². The molecule has 0 aliphatic heterocycles. The molecule has 0 saturated carbocycles. The average Bonchev–Trinajstić information content (AvgIpc) is 2.24. The van der Waals surface area contributed by atoms with Gasteiger partial charge in [0.25, 0.3) is 0 Å². The Morgan fingerprint density at radius 1 is 1.00 bits per heavy atom. The van der Waals surface area contributed by atoms with Crippen LogP contribution in [-0.4, -0.2) is 16.9 Å². The first-order valence-corrected chi connectivity index (χ1v) is 5.98. The van der Waals surface area contributed by atoms with E-state index in [1.54, 1.807) is 6.07 Å². The van der Waals surface area contributed by atoms with Gasteiger partial charge in [0.05, 0.1) is 0 Å². The highest BCUT2D eigenvalue weighted by Gasteiger charge is 2.31. The highest BCUT2D eigenvalue weighted by atomic mass is 19.4. The summed E-state index contributed by atoms with van der Waals surface area (Å²) >= 11 is 0. The molecule has 0 aliphatic carbocycles. The number of hydrogen-bond acceptors (Lipinski definition) is 3. The molecule has 0 amide bonds. The first-order valence-electron chi connectivity index (χ1n) is 5.98. The summed E-state index contributed by atoms with van der Waals surface area (Å²) in [5, 5.41) is 1.21. The summed E-state index contributed by atoms with van der Waals surface area (Å²) in [6.07, 6.45) is -3.22. The summed E-state index contributed by atoms with van der Waals surface area (Å²) in [6.45, 7) is 5.61. The lowest BCUT2D eigenvalue weighted by molar-refractivity contribution is -0.274. The van der Waals surface area contributed by atoms with Gasteiger partial charge in [-0.1, -0.05) is 0 Å². The van der Waals surface area contributed by atoms with Crippen LogP contribution in [0.5, 0.6) is 11.6 Å². The van der Waals surface area contributed by atoms with Gasteiger partial charge >= 0.3 is 6.36 Å². The molecule has 2 rings (SSSR count). The van der Waals surface area contributed by atoms with E-state index in [0.717, 1.165) is 0 Å². The Hall–Kier alpha value is -1.98. The second kappa shape index (κ2) is 4.85. The monoisotopic (exact) mass is 285 g/mol. The quantitative estimate of drug-likeness (QED) is 0.824. The Morgan fingerprint density at radius 2 is 1.70 bits per heavy atom. The van der Waals surface area contributed by atoms with Gasteiger partial charge in [-0.3, -0.25) is 0 Å². The van der Waals surface area contributed by atoms with Gasteiger partial charge in [0.2, 0.25) is 5.88 Å². The lowest BCUT2D eigenvalue weighted by atomic mass is 10.1. The minimum absolute atomic E-state index is 0.266. The number of hydrogen-bond donors (Lipinski definition) is 0. The molecule has 108 valence electrons. The van der Waals surface area contributed by atoms with E-state index in [-0.39, 0.29) is 5.75 Å².